The van der Waals surface area contributed by atoms with Gasteiger partial charge in [0, 0.05) is 31.4 Å². The fraction of sp³-hybridized carbons (Fsp3) is 0.600. The second-order valence-corrected chi connectivity index (χ2v) is 5.76. The summed E-state index contributed by atoms with van der Waals surface area (Å²) in [5, 5.41) is 11.5. The van der Waals surface area contributed by atoms with E-state index in [1.165, 1.54) is 0 Å². The Hall–Kier alpha value is -2.18. The molecule has 0 unspecified atom stereocenters. The number of carbonyl (C=O) groups excluding carboxylic acids is 1. The molecule has 0 spiro atoms. The fourth-order valence-electron chi connectivity index (χ4n) is 2.67. The van der Waals surface area contributed by atoms with Gasteiger partial charge >= 0.3 is 0 Å². The van der Waals surface area contributed by atoms with Gasteiger partial charge in [-0.1, -0.05) is 0 Å². The molecular weight excluding hydrogens is 280 g/mol. The zero-order chi connectivity index (χ0) is 15.5. The minimum Gasteiger partial charge on any atom is -0.346 e. The SMILES string of the molecule is CCn1ncnc1[C@@H](NC(=O)CCn1nccc1C)C1CC1. The van der Waals surface area contributed by atoms with Gasteiger partial charge in [0.1, 0.15) is 12.2 Å². The quantitative estimate of drug-likeness (QED) is 0.840. The highest BCUT2D eigenvalue weighted by atomic mass is 16.1. The van der Waals surface area contributed by atoms with Gasteiger partial charge in [-0.15, -0.1) is 0 Å². The van der Waals surface area contributed by atoms with Gasteiger partial charge in [-0.25, -0.2) is 9.67 Å². The van der Waals surface area contributed by atoms with Crippen molar-refractivity contribution in [3.63, 3.8) is 0 Å². The number of rotatable bonds is 7. The van der Waals surface area contributed by atoms with E-state index in [0.29, 0.717) is 18.9 Å². The van der Waals surface area contributed by atoms with Crippen LogP contribution in [0.2, 0.25) is 0 Å². The number of nitrogens with zero attached hydrogens (tertiary/aromatic N) is 5. The Morgan fingerprint density at radius 1 is 1.41 bits per heavy atom. The van der Waals surface area contributed by atoms with E-state index in [1.54, 1.807) is 12.5 Å². The van der Waals surface area contributed by atoms with Crippen LogP contribution < -0.4 is 5.32 Å². The highest BCUT2D eigenvalue weighted by Crippen LogP contribution is 2.40. The molecule has 1 fully saturated rings. The van der Waals surface area contributed by atoms with E-state index < -0.39 is 0 Å². The lowest BCUT2D eigenvalue weighted by Crippen LogP contribution is -2.32. The first kappa shape index (κ1) is 14.7. The molecule has 2 aromatic heterocycles. The number of nitrogens with one attached hydrogen (secondary N) is 1. The Bertz CT molecular complexity index is 642. The lowest BCUT2D eigenvalue weighted by Gasteiger charge is -2.18. The Labute approximate surface area is 129 Å². The molecule has 1 aliphatic rings. The monoisotopic (exact) mass is 302 g/mol. The minimum absolute atomic E-state index is 0.0198. The summed E-state index contributed by atoms with van der Waals surface area (Å²) in [6.07, 6.45) is 6.02. The smallest absolute Gasteiger partial charge is 0.222 e. The molecule has 7 nitrogen and oxygen atoms in total. The zero-order valence-corrected chi connectivity index (χ0v) is 13.1. The van der Waals surface area contributed by atoms with E-state index in [9.17, 15) is 4.79 Å². The van der Waals surface area contributed by atoms with Crippen molar-refractivity contribution in [3.8, 4) is 0 Å². The van der Waals surface area contributed by atoms with E-state index in [-0.39, 0.29) is 11.9 Å². The van der Waals surface area contributed by atoms with Crippen molar-refractivity contribution in [2.45, 2.75) is 52.2 Å². The van der Waals surface area contributed by atoms with Crippen molar-refractivity contribution in [1.82, 2.24) is 29.9 Å². The molecule has 2 aromatic rings. The van der Waals surface area contributed by atoms with Crippen molar-refractivity contribution in [3.05, 3.63) is 30.1 Å². The number of amides is 1. The normalized spacial score (nSPS) is 15.7. The lowest BCUT2D eigenvalue weighted by molar-refractivity contribution is -0.122. The van der Waals surface area contributed by atoms with Gasteiger partial charge in [-0.2, -0.15) is 10.2 Å². The van der Waals surface area contributed by atoms with Crippen LogP contribution in [0.1, 0.15) is 43.7 Å². The Balaban J connectivity index is 1.62. The first-order chi connectivity index (χ1) is 10.7. The highest BCUT2D eigenvalue weighted by Gasteiger charge is 2.36. The molecule has 0 bridgehead atoms. The highest BCUT2D eigenvalue weighted by molar-refractivity contribution is 5.76. The Kier molecular flexibility index (Phi) is 4.22. The molecule has 0 radical (unpaired) electrons. The second kappa shape index (κ2) is 6.29. The molecule has 22 heavy (non-hydrogen) atoms. The molecule has 1 saturated carbocycles. The van der Waals surface area contributed by atoms with E-state index in [4.69, 9.17) is 0 Å². The molecule has 0 aromatic carbocycles. The maximum Gasteiger partial charge on any atom is 0.222 e. The average molecular weight is 302 g/mol. The summed E-state index contributed by atoms with van der Waals surface area (Å²) in [7, 11) is 0. The number of hydrogen-bond acceptors (Lipinski definition) is 4. The van der Waals surface area contributed by atoms with Gasteiger partial charge in [0.25, 0.3) is 0 Å². The summed E-state index contributed by atoms with van der Waals surface area (Å²) < 4.78 is 3.71. The van der Waals surface area contributed by atoms with Gasteiger partial charge in [0.05, 0.1) is 6.04 Å². The largest absolute Gasteiger partial charge is 0.346 e. The van der Waals surface area contributed by atoms with Gasteiger partial charge in [-0.05, 0) is 38.7 Å². The predicted molar refractivity (Wildman–Crippen MR) is 80.9 cm³/mol. The third-order valence-corrected chi connectivity index (χ3v) is 4.11. The minimum atomic E-state index is -0.0198. The summed E-state index contributed by atoms with van der Waals surface area (Å²) in [5.74, 6) is 1.40. The van der Waals surface area contributed by atoms with Crippen LogP contribution in [0.15, 0.2) is 18.6 Å². The van der Waals surface area contributed by atoms with Crippen LogP contribution in [-0.4, -0.2) is 30.5 Å². The standard InChI is InChI=1S/C15H22N6O/c1-3-20-15(16-10-18-20)14(12-4-5-12)19-13(22)7-9-21-11(2)6-8-17-21/h6,8,10,12,14H,3-5,7,9H2,1-2H3,(H,19,22)/t14-/m0/s1. The van der Waals surface area contributed by atoms with E-state index >= 15 is 0 Å². The van der Waals surface area contributed by atoms with Crippen LogP contribution in [0.4, 0.5) is 0 Å². The van der Waals surface area contributed by atoms with Gasteiger partial charge < -0.3 is 5.32 Å². The molecule has 2 heterocycles. The molecule has 0 saturated heterocycles. The van der Waals surface area contributed by atoms with Crippen molar-refractivity contribution in [2.24, 2.45) is 5.92 Å². The molecule has 0 aliphatic heterocycles. The van der Waals surface area contributed by atoms with E-state index in [2.05, 4.69) is 20.5 Å². The van der Waals surface area contributed by atoms with Crippen LogP contribution in [0.5, 0.6) is 0 Å². The fourth-order valence-corrected chi connectivity index (χ4v) is 2.67. The Morgan fingerprint density at radius 3 is 2.86 bits per heavy atom. The first-order valence-electron chi connectivity index (χ1n) is 7.84. The summed E-state index contributed by atoms with van der Waals surface area (Å²) in [6, 6.07) is 1.92. The number of aromatic nitrogens is 5. The van der Waals surface area contributed by atoms with Gasteiger partial charge in [0.15, 0.2) is 0 Å². The van der Waals surface area contributed by atoms with Crippen molar-refractivity contribution in [1.29, 1.82) is 0 Å². The van der Waals surface area contributed by atoms with Gasteiger partial charge in [-0.3, -0.25) is 9.48 Å². The molecule has 1 N–H and O–H groups in total. The molecule has 118 valence electrons. The van der Waals surface area contributed by atoms with Crippen LogP contribution in [0, 0.1) is 12.8 Å². The topological polar surface area (TPSA) is 77.6 Å². The summed E-state index contributed by atoms with van der Waals surface area (Å²) >= 11 is 0. The lowest BCUT2D eigenvalue weighted by atomic mass is 10.1. The van der Waals surface area contributed by atoms with Gasteiger partial charge in [0.2, 0.25) is 5.91 Å². The van der Waals surface area contributed by atoms with Crippen LogP contribution in [-0.2, 0) is 17.9 Å². The maximum atomic E-state index is 12.3. The number of hydrogen-bond donors (Lipinski definition) is 1. The summed E-state index contributed by atoms with van der Waals surface area (Å²) in [5.41, 5.74) is 1.07. The second-order valence-electron chi connectivity index (χ2n) is 5.76. The van der Waals surface area contributed by atoms with E-state index in [1.807, 2.05) is 29.3 Å². The predicted octanol–water partition coefficient (Wildman–Crippen LogP) is 1.46. The first-order valence-corrected chi connectivity index (χ1v) is 7.84. The number of aryl methyl sites for hydroxylation is 3. The van der Waals surface area contributed by atoms with Crippen molar-refractivity contribution < 1.29 is 4.79 Å². The van der Waals surface area contributed by atoms with Crippen molar-refractivity contribution >= 4 is 5.91 Å². The molecule has 1 amide bonds. The number of carbonyl (C=O) groups is 1. The van der Waals surface area contributed by atoms with Crippen LogP contribution in [0.3, 0.4) is 0 Å². The molecule has 1 atom stereocenters. The third-order valence-electron chi connectivity index (χ3n) is 4.11. The molecular formula is C15H22N6O. The Morgan fingerprint density at radius 2 is 2.23 bits per heavy atom. The van der Waals surface area contributed by atoms with Crippen LogP contribution in [0.25, 0.3) is 0 Å². The molecule has 3 rings (SSSR count). The molecule has 1 aliphatic carbocycles. The summed E-state index contributed by atoms with van der Waals surface area (Å²) in [4.78, 5) is 16.6. The van der Waals surface area contributed by atoms with Crippen LogP contribution >= 0.6 is 0 Å². The third kappa shape index (κ3) is 3.18. The summed E-state index contributed by atoms with van der Waals surface area (Å²) in [6.45, 7) is 5.38. The maximum absolute atomic E-state index is 12.3. The molecule has 7 heteroatoms. The average Bonchev–Trinajstić information content (AvgIpc) is 3.10. The zero-order valence-electron chi connectivity index (χ0n) is 13.1. The van der Waals surface area contributed by atoms with Crippen molar-refractivity contribution in [2.75, 3.05) is 0 Å². The van der Waals surface area contributed by atoms with E-state index in [0.717, 1.165) is 30.9 Å².